The Balaban J connectivity index is 2.45. The first kappa shape index (κ1) is 5.95. The van der Waals surface area contributed by atoms with Crippen LogP contribution in [0.25, 0.3) is 10.9 Å². The molecule has 2 aromatic rings. The van der Waals surface area contributed by atoms with Crippen LogP contribution in [0.2, 0.25) is 0 Å². The molecule has 1 aromatic heterocycles. The van der Waals surface area contributed by atoms with Crippen LogP contribution in [0.15, 0.2) is 24.3 Å². The minimum absolute atomic E-state index is 0.185. The quantitative estimate of drug-likeness (QED) is 0.691. The topological polar surface area (TPSA) is 34.0 Å². The molecule has 2 heterocycles. The molecule has 0 spiro atoms. The number of rotatable bonds is 0. The third kappa shape index (κ3) is 1.03. The molecule has 0 unspecified atom stereocenters. The highest BCUT2D eigenvalue weighted by atomic mass is 16.1. The van der Waals surface area contributed by atoms with Gasteiger partial charge in [-0.3, -0.25) is 4.79 Å². The van der Waals surface area contributed by atoms with Crippen LogP contribution < -0.4 is 5.32 Å². The van der Waals surface area contributed by atoms with Crippen molar-refractivity contribution in [2.45, 2.75) is 6.42 Å². The number of para-hydroxylation sites is 1. The first-order valence-corrected chi connectivity index (χ1v) is 4.91. The second kappa shape index (κ2) is 2.86. The molecule has 0 bridgehead atoms. The lowest BCUT2D eigenvalue weighted by molar-refractivity contribution is 0.0947. The smallest absolute Gasteiger partial charge is 0.253 e. The molecule has 0 aliphatic carbocycles. The van der Waals surface area contributed by atoms with Crippen LogP contribution in [-0.4, -0.2) is 17.0 Å². The first-order chi connectivity index (χ1) is 8.50. The summed E-state index contributed by atoms with van der Waals surface area (Å²) < 4.78 is 24.2. The van der Waals surface area contributed by atoms with Crippen LogP contribution in [0.4, 0.5) is 0 Å². The van der Waals surface area contributed by atoms with Gasteiger partial charge in [0.05, 0.1) is 5.56 Å². The van der Waals surface area contributed by atoms with Crippen LogP contribution in [-0.2, 0) is 13.4 Å². The highest BCUT2D eigenvalue weighted by molar-refractivity contribution is 6.09. The Kier molecular flexibility index (Phi) is 1.13. The van der Waals surface area contributed by atoms with E-state index in [0.29, 0.717) is 35.1 Å². The standard InChI is InChI=1S/C12H12N2O/c1-14-9-5-3-2-4-8(9)11-10(14)6-7-13-12(11)15/h2-5H,6-7H2,1H3,(H,13,15)/i1D3. The number of carbonyl (C=O) groups excluding carboxylic acids is 1. The molecule has 1 N–H and O–H groups in total. The van der Waals surface area contributed by atoms with E-state index >= 15 is 0 Å². The van der Waals surface area contributed by atoms with Gasteiger partial charge in [0.1, 0.15) is 0 Å². The summed E-state index contributed by atoms with van der Waals surface area (Å²) in [7, 11) is 0. The predicted octanol–water partition coefficient (Wildman–Crippen LogP) is 1.46. The number of nitrogens with one attached hydrogen (secondary N) is 1. The summed E-state index contributed by atoms with van der Waals surface area (Å²) in [5, 5.41) is 3.47. The van der Waals surface area contributed by atoms with Crippen LogP contribution in [0, 0.1) is 0 Å². The first-order valence-electron chi connectivity index (χ1n) is 6.41. The number of carbonyl (C=O) groups is 1. The van der Waals surface area contributed by atoms with E-state index in [1.54, 1.807) is 18.2 Å². The summed E-state index contributed by atoms with van der Waals surface area (Å²) in [4.78, 5) is 11.9. The lowest BCUT2D eigenvalue weighted by atomic mass is 10.1. The van der Waals surface area contributed by atoms with Crippen molar-refractivity contribution >= 4 is 16.8 Å². The number of hydrogen-bond donors (Lipinski definition) is 1. The van der Waals surface area contributed by atoms with Crippen molar-refractivity contribution in [3.63, 3.8) is 0 Å². The molecule has 0 saturated heterocycles. The number of benzene rings is 1. The largest absolute Gasteiger partial charge is 0.352 e. The van der Waals surface area contributed by atoms with Gasteiger partial charge in [0.15, 0.2) is 0 Å². The Labute approximate surface area is 91.9 Å². The lowest BCUT2D eigenvalue weighted by Crippen LogP contribution is -2.32. The van der Waals surface area contributed by atoms with Gasteiger partial charge in [0.2, 0.25) is 0 Å². The maximum Gasteiger partial charge on any atom is 0.253 e. The molecule has 1 aliphatic heterocycles. The van der Waals surface area contributed by atoms with Crippen molar-refractivity contribution in [2.24, 2.45) is 6.98 Å². The maximum absolute atomic E-state index is 11.9. The Morgan fingerprint density at radius 3 is 3.20 bits per heavy atom. The van der Waals surface area contributed by atoms with Crippen molar-refractivity contribution in [1.29, 1.82) is 0 Å². The Morgan fingerprint density at radius 2 is 2.33 bits per heavy atom. The Hall–Kier alpha value is -1.77. The molecule has 0 atom stereocenters. The van der Waals surface area contributed by atoms with Gasteiger partial charge in [-0.15, -0.1) is 0 Å². The second-order valence-corrected chi connectivity index (χ2v) is 3.68. The summed E-state index contributed by atoms with van der Waals surface area (Å²) in [6, 6.07) is 7.14. The van der Waals surface area contributed by atoms with E-state index < -0.39 is 6.98 Å². The van der Waals surface area contributed by atoms with Gasteiger partial charge in [-0.25, -0.2) is 0 Å². The van der Waals surface area contributed by atoms with Gasteiger partial charge in [-0.1, -0.05) is 18.2 Å². The van der Waals surface area contributed by atoms with E-state index in [9.17, 15) is 4.79 Å². The monoisotopic (exact) mass is 203 g/mol. The number of aryl methyl sites for hydroxylation is 1. The third-order valence-corrected chi connectivity index (χ3v) is 2.85. The van der Waals surface area contributed by atoms with Crippen molar-refractivity contribution in [3.8, 4) is 0 Å². The molecular formula is C12H12N2O. The van der Waals surface area contributed by atoms with Crippen LogP contribution in [0.5, 0.6) is 0 Å². The van der Waals surface area contributed by atoms with Crippen molar-refractivity contribution < 1.29 is 8.91 Å². The molecular weight excluding hydrogens is 188 g/mol. The highest BCUT2D eigenvalue weighted by Gasteiger charge is 2.23. The summed E-state index contributed by atoms with van der Waals surface area (Å²) in [5.74, 6) is -0.185. The fraction of sp³-hybridized carbons (Fsp3) is 0.250. The molecule has 76 valence electrons. The van der Waals surface area contributed by atoms with E-state index in [0.717, 1.165) is 0 Å². The summed E-state index contributed by atoms with van der Waals surface area (Å²) in [6.45, 7) is -1.77. The van der Waals surface area contributed by atoms with Gasteiger partial charge < -0.3 is 9.88 Å². The number of amides is 1. The van der Waals surface area contributed by atoms with Crippen molar-refractivity contribution in [2.75, 3.05) is 6.54 Å². The molecule has 3 nitrogen and oxygen atoms in total. The molecule has 1 aliphatic rings. The summed E-state index contributed by atoms with van der Waals surface area (Å²) in [5.41, 5.74) is 1.72. The van der Waals surface area contributed by atoms with Crippen molar-refractivity contribution in [1.82, 2.24) is 9.88 Å². The normalized spacial score (nSPS) is 18.9. The average molecular weight is 203 g/mol. The number of hydrogen-bond acceptors (Lipinski definition) is 1. The Morgan fingerprint density at radius 1 is 1.47 bits per heavy atom. The number of aromatic nitrogens is 1. The Bertz CT molecular complexity index is 643. The number of fused-ring (bicyclic) bond motifs is 3. The summed E-state index contributed by atoms with van der Waals surface area (Å²) in [6.07, 6.45) is 0.550. The van der Waals surface area contributed by atoms with Crippen LogP contribution in [0.1, 0.15) is 20.2 Å². The molecule has 3 heteroatoms. The minimum Gasteiger partial charge on any atom is -0.352 e. The van der Waals surface area contributed by atoms with Crippen LogP contribution >= 0.6 is 0 Å². The molecule has 0 radical (unpaired) electrons. The van der Waals surface area contributed by atoms with E-state index in [1.165, 1.54) is 4.57 Å². The molecule has 3 rings (SSSR count). The average Bonchev–Trinajstić information content (AvgIpc) is 2.63. The van der Waals surface area contributed by atoms with Crippen molar-refractivity contribution in [3.05, 3.63) is 35.5 Å². The highest BCUT2D eigenvalue weighted by Crippen LogP contribution is 2.27. The van der Waals surface area contributed by atoms with E-state index in [4.69, 9.17) is 4.11 Å². The molecule has 1 aromatic carbocycles. The van der Waals surface area contributed by atoms with Gasteiger partial charge in [0.25, 0.3) is 5.91 Å². The fourth-order valence-electron chi connectivity index (χ4n) is 2.17. The van der Waals surface area contributed by atoms with E-state index in [2.05, 4.69) is 5.32 Å². The second-order valence-electron chi connectivity index (χ2n) is 3.68. The fourth-order valence-corrected chi connectivity index (χ4v) is 2.17. The zero-order valence-corrected chi connectivity index (χ0v) is 8.08. The lowest BCUT2D eigenvalue weighted by Gasteiger charge is -2.14. The van der Waals surface area contributed by atoms with Gasteiger partial charge in [-0.2, -0.15) is 0 Å². The predicted molar refractivity (Wildman–Crippen MR) is 59.0 cm³/mol. The zero-order valence-electron chi connectivity index (χ0n) is 11.1. The molecule has 1 amide bonds. The zero-order chi connectivity index (χ0) is 12.9. The van der Waals surface area contributed by atoms with E-state index in [1.807, 2.05) is 6.07 Å². The minimum atomic E-state index is -2.26. The van der Waals surface area contributed by atoms with Gasteiger partial charge >= 0.3 is 0 Å². The van der Waals surface area contributed by atoms with E-state index in [-0.39, 0.29) is 5.91 Å². The molecule has 15 heavy (non-hydrogen) atoms. The van der Waals surface area contributed by atoms with Gasteiger partial charge in [0, 0.05) is 40.7 Å². The SMILES string of the molecule is [2H]C([2H])([2H])n1c2c(c3ccccc31)C(=O)NCC2. The van der Waals surface area contributed by atoms with Gasteiger partial charge in [-0.05, 0) is 6.07 Å². The van der Waals surface area contributed by atoms with Crippen LogP contribution in [0.3, 0.4) is 0 Å². The third-order valence-electron chi connectivity index (χ3n) is 2.85. The molecule has 0 fully saturated rings. The molecule has 0 saturated carbocycles. The maximum atomic E-state index is 11.9. The summed E-state index contributed by atoms with van der Waals surface area (Å²) >= 11 is 0. The number of nitrogens with zero attached hydrogens (tertiary/aromatic N) is 1.